The summed E-state index contributed by atoms with van der Waals surface area (Å²) < 4.78 is 0. The number of carbonyl (C=O) groups excluding carboxylic acids is 3. The number of amides is 3. The van der Waals surface area contributed by atoms with Gasteiger partial charge in [0, 0.05) is 6.42 Å². The van der Waals surface area contributed by atoms with Crippen LogP contribution in [-0.4, -0.2) is 34.8 Å². The molecule has 2 aliphatic rings. The summed E-state index contributed by atoms with van der Waals surface area (Å²) in [6.07, 6.45) is 0.865. The fourth-order valence-electron chi connectivity index (χ4n) is 4.20. The van der Waals surface area contributed by atoms with Gasteiger partial charge in [-0.25, -0.2) is 0 Å². The van der Waals surface area contributed by atoms with E-state index in [9.17, 15) is 14.4 Å². The van der Waals surface area contributed by atoms with Gasteiger partial charge in [0.15, 0.2) is 0 Å². The Balaban J connectivity index is 1.60. The summed E-state index contributed by atoms with van der Waals surface area (Å²) in [6, 6.07) is 16.6. The van der Waals surface area contributed by atoms with Gasteiger partial charge in [0.1, 0.15) is 12.2 Å². The van der Waals surface area contributed by atoms with Crippen LogP contribution in [0.15, 0.2) is 54.6 Å². The third-order valence-corrected chi connectivity index (χ3v) is 5.72. The SMILES string of the molecule is CC(NC(=O)CN1C(=O)c2ccccc2N2C(=O)CCC12C)c1ccccc1. The van der Waals surface area contributed by atoms with Crippen molar-refractivity contribution >= 4 is 23.4 Å². The quantitative estimate of drug-likeness (QED) is 0.891. The minimum Gasteiger partial charge on any atom is -0.348 e. The molecular weight excluding hydrogens is 354 g/mol. The first kappa shape index (κ1) is 18.2. The molecule has 2 aromatic rings. The lowest BCUT2D eigenvalue weighted by Gasteiger charge is -2.48. The molecule has 0 spiro atoms. The maximum atomic E-state index is 13.2. The molecule has 2 unspecified atom stereocenters. The minimum atomic E-state index is -0.824. The lowest BCUT2D eigenvalue weighted by molar-refractivity contribution is -0.124. The molecule has 3 amide bonds. The number of hydrogen-bond donors (Lipinski definition) is 1. The number of nitrogens with one attached hydrogen (secondary N) is 1. The molecule has 144 valence electrons. The predicted octanol–water partition coefficient (Wildman–Crippen LogP) is 2.86. The highest BCUT2D eigenvalue weighted by molar-refractivity contribution is 6.11. The fourth-order valence-corrected chi connectivity index (χ4v) is 4.20. The van der Waals surface area contributed by atoms with Gasteiger partial charge >= 0.3 is 0 Å². The highest BCUT2D eigenvalue weighted by Crippen LogP contribution is 2.43. The Morgan fingerprint density at radius 3 is 2.54 bits per heavy atom. The van der Waals surface area contributed by atoms with Gasteiger partial charge in [-0.1, -0.05) is 42.5 Å². The second kappa shape index (κ2) is 6.78. The van der Waals surface area contributed by atoms with Gasteiger partial charge in [-0.15, -0.1) is 0 Å². The molecule has 1 fully saturated rings. The van der Waals surface area contributed by atoms with Gasteiger partial charge in [-0.3, -0.25) is 19.3 Å². The Labute approximate surface area is 164 Å². The molecule has 2 atom stereocenters. The van der Waals surface area contributed by atoms with E-state index in [0.717, 1.165) is 5.56 Å². The summed E-state index contributed by atoms with van der Waals surface area (Å²) in [5.74, 6) is -0.485. The highest BCUT2D eigenvalue weighted by atomic mass is 16.2. The third kappa shape index (κ3) is 2.85. The summed E-state index contributed by atoms with van der Waals surface area (Å²) in [7, 11) is 0. The second-order valence-electron chi connectivity index (χ2n) is 7.55. The number of carbonyl (C=O) groups is 3. The maximum absolute atomic E-state index is 13.2. The van der Waals surface area contributed by atoms with Gasteiger partial charge in [0.05, 0.1) is 17.3 Å². The van der Waals surface area contributed by atoms with Crippen LogP contribution >= 0.6 is 0 Å². The predicted molar refractivity (Wildman–Crippen MR) is 106 cm³/mol. The van der Waals surface area contributed by atoms with Crippen LogP contribution in [0.5, 0.6) is 0 Å². The normalized spacial score (nSPS) is 21.9. The molecule has 0 saturated carbocycles. The molecule has 2 heterocycles. The monoisotopic (exact) mass is 377 g/mol. The standard InChI is InChI=1S/C22H23N3O3/c1-15(16-8-4-3-5-9-16)23-19(26)14-24-21(28)17-10-6-7-11-18(17)25-20(27)12-13-22(24,25)2/h3-11,15H,12-14H2,1-2H3,(H,23,26). The van der Waals surface area contributed by atoms with Crippen molar-refractivity contribution in [3.63, 3.8) is 0 Å². The van der Waals surface area contributed by atoms with E-state index in [1.807, 2.05) is 50.2 Å². The first-order chi connectivity index (χ1) is 13.4. The van der Waals surface area contributed by atoms with Gasteiger partial charge in [-0.2, -0.15) is 0 Å². The Hall–Kier alpha value is -3.15. The van der Waals surface area contributed by atoms with E-state index in [1.165, 1.54) is 4.90 Å². The van der Waals surface area contributed by atoms with Crippen LogP contribution in [0, 0.1) is 0 Å². The fraction of sp³-hybridized carbons (Fsp3) is 0.318. The van der Waals surface area contributed by atoms with Crippen molar-refractivity contribution in [3.8, 4) is 0 Å². The van der Waals surface area contributed by atoms with Crippen molar-refractivity contribution < 1.29 is 14.4 Å². The van der Waals surface area contributed by atoms with E-state index in [2.05, 4.69) is 5.32 Å². The van der Waals surface area contributed by atoms with E-state index in [0.29, 0.717) is 24.1 Å². The van der Waals surface area contributed by atoms with Gasteiger partial charge in [0.25, 0.3) is 5.91 Å². The zero-order chi connectivity index (χ0) is 19.9. The van der Waals surface area contributed by atoms with E-state index < -0.39 is 5.66 Å². The number of hydrogen-bond acceptors (Lipinski definition) is 3. The summed E-state index contributed by atoms with van der Waals surface area (Å²) in [6.45, 7) is 3.68. The Morgan fingerprint density at radius 1 is 1.11 bits per heavy atom. The van der Waals surface area contributed by atoms with E-state index >= 15 is 0 Å². The van der Waals surface area contributed by atoms with Crippen molar-refractivity contribution in [2.45, 2.75) is 38.4 Å². The molecule has 1 N–H and O–H groups in total. The largest absolute Gasteiger partial charge is 0.348 e. The van der Waals surface area contributed by atoms with E-state index in [-0.39, 0.29) is 30.3 Å². The summed E-state index contributed by atoms with van der Waals surface area (Å²) in [5, 5.41) is 2.96. The molecule has 28 heavy (non-hydrogen) atoms. The molecule has 0 bridgehead atoms. The number of benzene rings is 2. The lowest BCUT2D eigenvalue weighted by atomic mass is 9.98. The first-order valence-electron chi connectivity index (χ1n) is 9.50. The average Bonchev–Trinajstić information content (AvgIpc) is 3.01. The van der Waals surface area contributed by atoms with Gasteiger partial charge in [-0.05, 0) is 38.0 Å². The first-order valence-corrected chi connectivity index (χ1v) is 9.50. The molecule has 6 nitrogen and oxygen atoms in total. The number of rotatable bonds is 4. The Bertz CT molecular complexity index is 943. The van der Waals surface area contributed by atoms with Crippen LogP contribution in [-0.2, 0) is 9.59 Å². The molecular formula is C22H23N3O3. The Kier molecular flexibility index (Phi) is 4.41. The van der Waals surface area contributed by atoms with E-state index in [1.54, 1.807) is 23.1 Å². The molecule has 1 saturated heterocycles. The number of fused-ring (bicyclic) bond motifs is 3. The molecule has 0 radical (unpaired) electrons. The maximum Gasteiger partial charge on any atom is 0.258 e. The molecule has 4 rings (SSSR count). The average molecular weight is 377 g/mol. The topological polar surface area (TPSA) is 69.7 Å². The van der Waals surface area contributed by atoms with Crippen LogP contribution in [0.4, 0.5) is 5.69 Å². The molecule has 2 aliphatic heterocycles. The van der Waals surface area contributed by atoms with Crippen LogP contribution < -0.4 is 10.2 Å². The zero-order valence-electron chi connectivity index (χ0n) is 16.0. The van der Waals surface area contributed by atoms with Crippen molar-refractivity contribution in [2.24, 2.45) is 0 Å². The smallest absolute Gasteiger partial charge is 0.258 e. The molecule has 0 aliphatic carbocycles. The summed E-state index contributed by atoms with van der Waals surface area (Å²) in [4.78, 5) is 41.7. The number of nitrogens with zero attached hydrogens (tertiary/aromatic N) is 2. The van der Waals surface area contributed by atoms with Crippen molar-refractivity contribution in [3.05, 3.63) is 65.7 Å². The molecule has 2 aromatic carbocycles. The minimum absolute atomic E-state index is 0.0227. The van der Waals surface area contributed by atoms with Crippen LogP contribution in [0.25, 0.3) is 0 Å². The summed E-state index contributed by atoms with van der Waals surface area (Å²) in [5.41, 5.74) is 1.26. The second-order valence-corrected chi connectivity index (χ2v) is 7.55. The summed E-state index contributed by atoms with van der Waals surface area (Å²) >= 11 is 0. The molecule has 0 aromatic heterocycles. The number of anilines is 1. The van der Waals surface area contributed by atoms with Crippen LogP contribution in [0.3, 0.4) is 0 Å². The van der Waals surface area contributed by atoms with Gasteiger partial charge in [0.2, 0.25) is 11.8 Å². The van der Waals surface area contributed by atoms with Crippen molar-refractivity contribution in [2.75, 3.05) is 11.4 Å². The Morgan fingerprint density at radius 2 is 1.79 bits per heavy atom. The van der Waals surface area contributed by atoms with E-state index in [4.69, 9.17) is 0 Å². The number of para-hydroxylation sites is 1. The van der Waals surface area contributed by atoms with Crippen LogP contribution in [0.2, 0.25) is 0 Å². The molecule has 6 heteroatoms. The van der Waals surface area contributed by atoms with Crippen molar-refractivity contribution in [1.29, 1.82) is 0 Å². The van der Waals surface area contributed by atoms with Crippen LogP contribution in [0.1, 0.15) is 48.7 Å². The third-order valence-electron chi connectivity index (χ3n) is 5.72. The van der Waals surface area contributed by atoms with Crippen molar-refractivity contribution in [1.82, 2.24) is 10.2 Å². The zero-order valence-corrected chi connectivity index (χ0v) is 16.0. The van der Waals surface area contributed by atoms with Gasteiger partial charge < -0.3 is 10.2 Å². The highest BCUT2D eigenvalue weighted by Gasteiger charge is 2.53. The lowest BCUT2D eigenvalue weighted by Crippen LogP contribution is -2.63.